The molecule has 2 heteroatoms. The third kappa shape index (κ3) is 3.30. The van der Waals surface area contributed by atoms with Gasteiger partial charge in [-0.1, -0.05) is 40.0 Å². The van der Waals surface area contributed by atoms with Gasteiger partial charge in [-0.25, -0.2) is 0 Å². The van der Waals surface area contributed by atoms with Crippen LogP contribution in [-0.2, 0) is 4.79 Å². The Morgan fingerprint density at radius 3 is 2.13 bits per heavy atom. The van der Waals surface area contributed by atoms with Crippen LogP contribution >= 0.6 is 0 Å². The summed E-state index contributed by atoms with van der Waals surface area (Å²) >= 11 is 0. The van der Waals surface area contributed by atoms with Crippen molar-refractivity contribution in [2.75, 3.05) is 0 Å². The maximum absolute atomic E-state index is 11.8. The van der Waals surface area contributed by atoms with Crippen LogP contribution in [0.15, 0.2) is 0 Å². The second kappa shape index (κ2) is 5.64. The first-order valence-electron chi connectivity index (χ1n) is 6.25. The van der Waals surface area contributed by atoms with Gasteiger partial charge in [0.05, 0.1) is 6.10 Å². The molecule has 0 heterocycles. The molecular formula is C13H24O2. The lowest BCUT2D eigenvalue weighted by atomic mass is 9.78. The number of hydrogen-bond donors (Lipinski definition) is 1. The molecule has 0 radical (unpaired) electrons. The van der Waals surface area contributed by atoms with Crippen molar-refractivity contribution in [1.82, 2.24) is 0 Å². The van der Waals surface area contributed by atoms with Gasteiger partial charge in [0.1, 0.15) is 5.78 Å². The fourth-order valence-electron chi connectivity index (χ4n) is 2.58. The molecule has 1 fully saturated rings. The van der Waals surface area contributed by atoms with E-state index in [1.54, 1.807) is 0 Å². The molecule has 0 bridgehead atoms. The SMILES string of the molecule is CC(C)C(=O)[C@@H](C)[C@@H](O)C1CCCCC1. The Labute approximate surface area is 93.1 Å². The van der Waals surface area contributed by atoms with Crippen LogP contribution in [0.2, 0.25) is 0 Å². The summed E-state index contributed by atoms with van der Waals surface area (Å²) in [6.07, 6.45) is 5.48. The Morgan fingerprint density at radius 2 is 1.67 bits per heavy atom. The average molecular weight is 212 g/mol. The molecule has 0 unspecified atom stereocenters. The van der Waals surface area contributed by atoms with E-state index < -0.39 is 6.10 Å². The van der Waals surface area contributed by atoms with E-state index in [1.807, 2.05) is 20.8 Å². The standard InChI is InChI=1S/C13H24O2/c1-9(2)12(14)10(3)13(15)11-7-5-4-6-8-11/h9-11,13,15H,4-8H2,1-3H3/t10-,13-/m1/s1. The Hall–Kier alpha value is -0.370. The number of rotatable bonds is 4. The van der Waals surface area contributed by atoms with Crippen LogP contribution in [0.25, 0.3) is 0 Å². The van der Waals surface area contributed by atoms with E-state index in [1.165, 1.54) is 19.3 Å². The van der Waals surface area contributed by atoms with E-state index in [0.29, 0.717) is 5.92 Å². The summed E-state index contributed by atoms with van der Waals surface area (Å²) in [4.78, 5) is 11.8. The van der Waals surface area contributed by atoms with Gasteiger partial charge in [0.2, 0.25) is 0 Å². The molecule has 1 saturated carbocycles. The lowest BCUT2D eigenvalue weighted by Gasteiger charge is -2.30. The predicted molar refractivity (Wildman–Crippen MR) is 61.6 cm³/mol. The first kappa shape index (κ1) is 12.7. The normalized spacial score (nSPS) is 22.7. The number of carbonyl (C=O) groups excluding carboxylic acids is 1. The van der Waals surface area contributed by atoms with Gasteiger partial charge in [0, 0.05) is 11.8 Å². The lowest BCUT2D eigenvalue weighted by Crippen LogP contribution is -2.35. The third-order valence-electron chi connectivity index (χ3n) is 3.66. The van der Waals surface area contributed by atoms with Gasteiger partial charge in [0.15, 0.2) is 0 Å². The molecule has 0 spiro atoms. The molecule has 0 aromatic carbocycles. The highest BCUT2D eigenvalue weighted by atomic mass is 16.3. The molecule has 1 rings (SSSR count). The molecule has 2 nitrogen and oxygen atoms in total. The molecular weight excluding hydrogens is 188 g/mol. The third-order valence-corrected chi connectivity index (χ3v) is 3.66. The molecule has 0 aromatic heterocycles. The van der Waals surface area contributed by atoms with Crippen LogP contribution in [0.3, 0.4) is 0 Å². The summed E-state index contributed by atoms with van der Waals surface area (Å²) in [6.45, 7) is 5.69. The lowest BCUT2D eigenvalue weighted by molar-refractivity contribution is -0.130. The molecule has 0 saturated heterocycles. The second-order valence-corrected chi connectivity index (χ2v) is 5.23. The zero-order chi connectivity index (χ0) is 11.4. The number of aliphatic hydroxyl groups is 1. The summed E-state index contributed by atoms with van der Waals surface area (Å²) in [6, 6.07) is 0. The molecule has 1 aliphatic carbocycles. The Bertz CT molecular complexity index is 205. The maximum Gasteiger partial charge on any atom is 0.140 e. The molecule has 88 valence electrons. The summed E-state index contributed by atoms with van der Waals surface area (Å²) in [5.74, 6) is 0.413. The Kier molecular flexibility index (Phi) is 4.78. The van der Waals surface area contributed by atoms with Crippen molar-refractivity contribution >= 4 is 5.78 Å². The average Bonchev–Trinajstić information content (AvgIpc) is 2.27. The number of aliphatic hydroxyl groups excluding tert-OH is 1. The van der Waals surface area contributed by atoms with Crippen molar-refractivity contribution in [3.05, 3.63) is 0 Å². The summed E-state index contributed by atoms with van der Waals surface area (Å²) in [5.41, 5.74) is 0. The Morgan fingerprint density at radius 1 is 1.13 bits per heavy atom. The topological polar surface area (TPSA) is 37.3 Å². The number of hydrogen-bond acceptors (Lipinski definition) is 2. The second-order valence-electron chi connectivity index (χ2n) is 5.23. The van der Waals surface area contributed by atoms with E-state index in [0.717, 1.165) is 12.8 Å². The van der Waals surface area contributed by atoms with Crippen molar-refractivity contribution in [1.29, 1.82) is 0 Å². The van der Waals surface area contributed by atoms with Crippen LogP contribution in [0, 0.1) is 17.8 Å². The van der Waals surface area contributed by atoms with Gasteiger partial charge in [0.25, 0.3) is 0 Å². The summed E-state index contributed by atoms with van der Waals surface area (Å²) in [7, 11) is 0. The number of carbonyl (C=O) groups is 1. The van der Waals surface area contributed by atoms with Gasteiger partial charge < -0.3 is 5.11 Å². The van der Waals surface area contributed by atoms with E-state index >= 15 is 0 Å². The first-order chi connectivity index (χ1) is 7.04. The van der Waals surface area contributed by atoms with Gasteiger partial charge in [-0.15, -0.1) is 0 Å². The molecule has 0 aromatic rings. The van der Waals surface area contributed by atoms with Gasteiger partial charge in [-0.05, 0) is 18.8 Å². The predicted octanol–water partition coefficient (Wildman–Crippen LogP) is 2.79. The molecule has 15 heavy (non-hydrogen) atoms. The van der Waals surface area contributed by atoms with E-state index in [-0.39, 0.29) is 17.6 Å². The van der Waals surface area contributed by atoms with Crippen LogP contribution in [0.5, 0.6) is 0 Å². The monoisotopic (exact) mass is 212 g/mol. The first-order valence-corrected chi connectivity index (χ1v) is 6.25. The molecule has 1 N–H and O–H groups in total. The summed E-state index contributed by atoms with van der Waals surface area (Å²) < 4.78 is 0. The van der Waals surface area contributed by atoms with Crippen molar-refractivity contribution in [3.8, 4) is 0 Å². The largest absolute Gasteiger partial charge is 0.392 e. The van der Waals surface area contributed by atoms with Crippen LogP contribution in [0.1, 0.15) is 52.9 Å². The zero-order valence-electron chi connectivity index (χ0n) is 10.2. The highest BCUT2D eigenvalue weighted by Gasteiger charge is 2.30. The zero-order valence-corrected chi connectivity index (χ0v) is 10.2. The highest BCUT2D eigenvalue weighted by Crippen LogP contribution is 2.30. The quantitative estimate of drug-likeness (QED) is 0.778. The van der Waals surface area contributed by atoms with Crippen LogP contribution < -0.4 is 0 Å². The molecule has 2 atom stereocenters. The highest BCUT2D eigenvalue weighted by molar-refractivity contribution is 5.83. The van der Waals surface area contributed by atoms with Crippen molar-refractivity contribution in [2.45, 2.75) is 59.0 Å². The van der Waals surface area contributed by atoms with Crippen LogP contribution in [0.4, 0.5) is 0 Å². The molecule has 0 amide bonds. The number of ketones is 1. The van der Waals surface area contributed by atoms with Gasteiger partial charge in [-0.2, -0.15) is 0 Å². The van der Waals surface area contributed by atoms with Crippen molar-refractivity contribution < 1.29 is 9.90 Å². The fraction of sp³-hybridized carbons (Fsp3) is 0.923. The summed E-state index contributed by atoms with van der Waals surface area (Å²) in [5, 5.41) is 10.1. The van der Waals surface area contributed by atoms with Gasteiger partial charge >= 0.3 is 0 Å². The van der Waals surface area contributed by atoms with E-state index in [4.69, 9.17) is 0 Å². The smallest absolute Gasteiger partial charge is 0.140 e. The maximum atomic E-state index is 11.8. The minimum atomic E-state index is -0.416. The molecule has 0 aliphatic heterocycles. The van der Waals surface area contributed by atoms with E-state index in [2.05, 4.69) is 0 Å². The van der Waals surface area contributed by atoms with Crippen molar-refractivity contribution in [2.24, 2.45) is 17.8 Å². The Balaban J connectivity index is 2.50. The van der Waals surface area contributed by atoms with Gasteiger partial charge in [-0.3, -0.25) is 4.79 Å². The fourth-order valence-corrected chi connectivity index (χ4v) is 2.58. The minimum absolute atomic E-state index is 0.0400. The molecule has 1 aliphatic rings. The minimum Gasteiger partial charge on any atom is -0.392 e. The number of Topliss-reactive ketones (excluding diaryl/α,β-unsaturated/α-hetero) is 1. The van der Waals surface area contributed by atoms with Crippen molar-refractivity contribution in [3.63, 3.8) is 0 Å². The van der Waals surface area contributed by atoms with Crippen LogP contribution in [-0.4, -0.2) is 17.0 Å². The van der Waals surface area contributed by atoms with E-state index in [9.17, 15) is 9.90 Å².